The van der Waals surface area contributed by atoms with Crippen LogP contribution in [0.3, 0.4) is 0 Å². The van der Waals surface area contributed by atoms with Crippen molar-refractivity contribution in [2.75, 3.05) is 4.90 Å². The second-order valence-corrected chi connectivity index (χ2v) is 7.13. The Morgan fingerprint density at radius 3 is 1.93 bits per heavy atom. The predicted octanol–water partition coefficient (Wildman–Crippen LogP) is 7.07. The van der Waals surface area contributed by atoms with Gasteiger partial charge in [0.25, 0.3) is 0 Å². The number of benzene rings is 3. The minimum Gasteiger partial charge on any atom is -0.311 e. The lowest BCUT2D eigenvalue weighted by atomic mass is 9.87. The van der Waals surface area contributed by atoms with E-state index in [4.69, 9.17) is 0 Å². The van der Waals surface area contributed by atoms with E-state index in [0.29, 0.717) is 5.92 Å². The van der Waals surface area contributed by atoms with Crippen molar-refractivity contribution in [3.63, 3.8) is 0 Å². The first kappa shape index (κ1) is 17.4. The molecule has 0 N–H and O–H groups in total. The van der Waals surface area contributed by atoms with Crippen molar-refractivity contribution < 1.29 is 0 Å². The van der Waals surface area contributed by atoms with Gasteiger partial charge in [-0.25, -0.2) is 0 Å². The van der Waals surface area contributed by atoms with E-state index in [1.807, 2.05) is 0 Å². The maximum Gasteiger partial charge on any atom is 0.0461 e. The molecule has 0 aliphatic heterocycles. The lowest BCUT2D eigenvalue weighted by Crippen LogP contribution is -2.17. The maximum absolute atomic E-state index is 2.37. The van der Waals surface area contributed by atoms with Crippen LogP contribution in [-0.2, 0) is 0 Å². The molecule has 1 aliphatic carbocycles. The number of para-hydroxylation sites is 2. The lowest BCUT2D eigenvalue weighted by Gasteiger charge is -2.29. The molecule has 0 fully saturated rings. The van der Waals surface area contributed by atoms with Crippen molar-refractivity contribution in [1.82, 2.24) is 0 Å². The molecule has 27 heavy (non-hydrogen) atoms. The van der Waals surface area contributed by atoms with E-state index >= 15 is 0 Å². The second-order valence-electron chi connectivity index (χ2n) is 7.13. The molecule has 4 rings (SSSR count). The molecular formula is C26H25N. The van der Waals surface area contributed by atoms with Crippen LogP contribution in [0.15, 0.2) is 103 Å². The van der Waals surface area contributed by atoms with Crippen LogP contribution in [0.4, 0.5) is 11.4 Å². The fraction of sp³-hybridized carbons (Fsp3) is 0.154. The molecule has 134 valence electrons. The zero-order valence-electron chi connectivity index (χ0n) is 16.0. The molecule has 0 spiro atoms. The summed E-state index contributed by atoms with van der Waals surface area (Å²) in [7, 11) is 0. The third kappa shape index (κ3) is 3.59. The van der Waals surface area contributed by atoms with E-state index in [1.165, 1.54) is 33.8 Å². The molecule has 1 aliphatic rings. The van der Waals surface area contributed by atoms with Crippen LogP contribution in [0.1, 0.15) is 29.0 Å². The van der Waals surface area contributed by atoms with Crippen molar-refractivity contribution in [2.45, 2.75) is 26.2 Å². The van der Waals surface area contributed by atoms with Crippen molar-refractivity contribution in [3.05, 3.63) is 119 Å². The molecule has 0 aromatic heterocycles. The average molecular weight is 351 g/mol. The minimum absolute atomic E-state index is 0.446. The molecule has 0 saturated heterocycles. The van der Waals surface area contributed by atoms with E-state index in [2.05, 4.69) is 116 Å². The zero-order chi connectivity index (χ0) is 18.6. The smallest absolute Gasteiger partial charge is 0.0461 e. The summed E-state index contributed by atoms with van der Waals surface area (Å²) in [5.41, 5.74) is 7.81. The summed E-state index contributed by atoms with van der Waals surface area (Å²) >= 11 is 0. The van der Waals surface area contributed by atoms with Gasteiger partial charge < -0.3 is 4.90 Å². The van der Waals surface area contributed by atoms with Crippen molar-refractivity contribution in [2.24, 2.45) is 0 Å². The molecule has 1 unspecified atom stereocenters. The van der Waals surface area contributed by atoms with E-state index < -0.39 is 0 Å². The average Bonchev–Trinajstić information content (AvgIpc) is 2.73. The third-order valence-corrected chi connectivity index (χ3v) is 5.41. The van der Waals surface area contributed by atoms with Gasteiger partial charge in [-0.15, -0.1) is 0 Å². The number of nitrogens with zero attached hydrogens (tertiary/aromatic N) is 1. The van der Waals surface area contributed by atoms with Crippen LogP contribution in [0.2, 0.25) is 0 Å². The second kappa shape index (κ2) is 7.67. The Hall–Kier alpha value is -3.06. The third-order valence-electron chi connectivity index (χ3n) is 5.41. The maximum atomic E-state index is 2.37. The zero-order valence-corrected chi connectivity index (χ0v) is 16.0. The summed E-state index contributed by atoms with van der Waals surface area (Å²) in [6.45, 7) is 4.43. The van der Waals surface area contributed by atoms with E-state index in [-0.39, 0.29) is 0 Å². The fourth-order valence-electron chi connectivity index (χ4n) is 3.78. The Balaban J connectivity index is 1.66. The molecule has 3 aromatic carbocycles. The molecular weight excluding hydrogens is 326 g/mol. The Morgan fingerprint density at radius 1 is 0.741 bits per heavy atom. The predicted molar refractivity (Wildman–Crippen MR) is 116 cm³/mol. The highest BCUT2D eigenvalue weighted by Gasteiger charge is 2.18. The number of hydrogen-bond acceptors (Lipinski definition) is 1. The lowest BCUT2D eigenvalue weighted by molar-refractivity contribution is 0.830. The fourth-order valence-corrected chi connectivity index (χ4v) is 3.78. The molecule has 0 amide bonds. The Bertz CT molecular complexity index is 928. The molecule has 0 heterocycles. The van der Waals surface area contributed by atoms with Gasteiger partial charge in [0, 0.05) is 23.0 Å². The van der Waals surface area contributed by atoms with Crippen LogP contribution >= 0.6 is 0 Å². The van der Waals surface area contributed by atoms with Crippen LogP contribution in [0, 0.1) is 13.8 Å². The molecule has 0 saturated carbocycles. The summed E-state index contributed by atoms with van der Waals surface area (Å²) in [4.78, 5) is 2.33. The van der Waals surface area contributed by atoms with Gasteiger partial charge in [0.05, 0.1) is 0 Å². The van der Waals surface area contributed by atoms with Crippen LogP contribution in [0.25, 0.3) is 0 Å². The molecule has 0 radical (unpaired) electrons. The summed E-state index contributed by atoms with van der Waals surface area (Å²) < 4.78 is 0. The first-order valence-corrected chi connectivity index (χ1v) is 9.59. The number of hydrogen-bond donors (Lipinski definition) is 0. The van der Waals surface area contributed by atoms with Crippen LogP contribution in [0.5, 0.6) is 0 Å². The topological polar surface area (TPSA) is 3.24 Å². The molecule has 1 atom stereocenters. The van der Waals surface area contributed by atoms with Gasteiger partial charge in [0.15, 0.2) is 0 Å². The largest absolute Gasteiger partial charge is 0.311 e. The normalized spacial score (nSPS) is 16.1. The quantitative estimate of drug-likeness (QED) is 0.486. The summed E-state index contributed by atoms with van der Waals surface area (Å²) in [5.74, 6) is 0.446. The molecule has 1 nitrogen and oxygen atoms in total. The Labute approximate surface area is 162 Å². The number of allylic oxidation sites excluding steroid dienone is 3. The van der Waals surface area contributed by atoms with Gasteiger partial charge in [-0.3, -0.25) is 0 Å². The van der Waals surface area contributed by atoms with Crippen molar-refractivity contribution in [1.29, 1.82) is 0 Å². The van der Waals surface area contributed by atoms with Gasteiger partial charge in [-0.05, 0) is 67.3 Å². The summed E-state index contributed by atoms with van der Waals surface area (Å²) in [6.07, 6.45) is 8.02. The van der Waals surface area contributed by atoms with E-state index in [1.54, 1.807) is 0 Å². The number of anilines is 2. The van der Waals surface area contributed by atoms with Gasteiger partial charge in [-0.2, -0.15) is 0 Å². The van der Waals surface area contributed by atoms with Gasteiger partial charge in [-0.1, -0.05) is 66.7 Å². The number of aryl methyl sites for hydroxylation is 1. The van der Waals surface area contributed by atoms with E-state index in [0.717, 1.165) is 6.42 Å². The standard InChI is InChI=1S/C26H25N/c1-20-10-9-15-26(21(20)2)22-16-18-25(19-17-22)27(23-11-5-3-6-12-23)24-13-7-4-8-14-24/h3-16,18-19,22H,17H2,1-2H3. The Morgan fingerprint density at radius 2 is 1.37 bits per heavy atom. The molecule has 1 heteroatoms. The van der Waals surface area contributed by atoms with Crippen LogP contribution < -0.4 is 4.90 Å². The summed E-state index contributed by atoms with van der Waals surface area (Å²) in [6, 6.07) is 27.8. The van der Waals surface area contributed by atoms with E-state index in [9.17, 15) is 0 Å². The van der Waals surface area contributed by atoms with Gasteiger partial charge in [0.2, 0.25) is 0 Å². The molecule has 3 aromatic rings. The number of rotatable bonds is 4. The Kier molecular flexibility index (Phi) is 4.93. The van der Waals surface area contributed by atoms with Gasteiger partial charge in [0.1, 0.15) is 0 Å². The summed E-state index contributed by atoms with van der Waals surface area (Å²) in [5, 5.41) is 0. The highest BCUT2D eigenvalue weighted by molar-refractivity contribution is 5.70. The van der Waals surface area contributed by atoms with Crippen LogP contribution in [-0.4, -0.2) is 0 Å². The van der Waals surface area contributed by atoms with Gasteiger partial charge >= 0.3 is 0 Å². The first-order chi connectivity index (χ1) is 13.2. The van der Waals surface area contributed by atoms with Crippen molar-refractivity contribution >= 4 is 11.4 Å². The van der Waals surface area contributed by atoms with Crippen molar-refractivity contribution in [3.8, 4) is 0 Å². The highest BCUT2D eigenvalue weighted by Crippen LogP contribution is 2.35. The monoisotopic (exact) mass is 351 g/mol. The highest BCUT2D eigenvalue weighted by atomic mass is 15.1. The SMILES string of the molecule is Cc1cccc(C2C=CC(N(c3ccccc3)c3ccccc3)=CC2)c1C. The first-order valence-electron chi connectivity index (χ1n) is 9.59. The molecule has 0 bridgehead atoms. The minimum atomic E-state index is 0.446.